The molecule has 0 aliphatic heterocycles. The van der Waals surface area contributed by atoms with E-state index in [-0.39, 0.29) is 0 Å². The lowest BCUT2D eigenvalue weighted by atomic mass is 9.75. The van der Waals surface area contributed by atoms with Gasteiger partial charge in [-0.1, -0.05) is 56.5 Å². The monoisotopic (exact) mass is 229 g/mol. The minimum absolute atomic E-state index is 0.310. The molecular weight excluding hydrogens is 206 g/mol. The average Bonchev–Trinajstić information content (AvgIpc) is 2.29. The quantitative estimate of drug-likeness (QED) is 0.805. The first-order valence-corrected chi connectivity index (χ1v) is 6.65. The van der Waals surface area contributed by atoms with Crippen molar-refractivity contribution in [3.8, 4) is 0 Å². The fourth-order valence-corrected chi connectivity index (χ4v) is 2.85. The molecule has 0 aromatic heterocycles. The second kappa shape index (κ2) is 4.95. The van der Waals surface area contributed by atoms with Crippen LogP contribution in [0.15, 0.2) is 30.3 Å². The largest absolute Gasteiger partial charge is 0.398 e. The highest BCUT2D eigenvalue weighted by Gasteiger charge is 2.24. The van der Waals surface area contributed by atoms with Crippen molar-refractivity contribution < 1.29 is 0 Å². The molecule has 0 bridgehead atoms. The van der Waals surface area contributed by atoms with Crippen LogP contribution in [-0.2, 0) is 0 Å². The van der Waals surface area contributed by atoms with Crippen LogP contribution < -0.4 is 5.73 Å². The third-order valence-corrected chi connectivity index (χ3v) is 3.96. The Kier molecular flexibility index (Phi) is 3.56. The van der Waals surface area contributed by atoms with E-state index in [9.17, 15) is 0 Å². The zero-order chi connectivity index (χ0) is 12.3. The van der Waals surface area contributed by atoms with Crippen molar-refractivity contribution in [2.45, 2.75) is 46.0 Å². The lowest BCUT2D eigenvalue weighted by Crippen LogP contribution is -2.19. The Morgan fingerprint density at radius 2 is 1.82 bits per heavy atom. The van der Waals surface area contributed by atoms with Crippen LogP contribution in [0.25, 0.3) is 5.70 Å². The molecule has 1 aromatic rings. The molecule has 0 spiro atoms. The van der Waals surface area contributed by atoms with E-state index in [0.29, 0.717) is 5.41 Å². The van der Waals surface area contributed by atoms with Crippen molar-refractivity contribution in [3.63, 3.8) is 0 Å². The molecule has 1 aliphatic rings. The summed E-state index contributed by atoms with van der Waals surface area (Å²) in [6, 6.07) is 8.37. The van der Waals surface area contributed by atoms with Crippen molar-refractivity contribution >= 4 is 5.70 Å². The second-order valence-corrected chi connectivity index (χ2v) is 5.63. The molecule has 1 nitrogen and oxygen atoms in total. The van der Waals surface area contributed by atoms with Gasteiger partial charge in [0.2, 0.25) is 0 Å². The van der Waals surface area contributed by atoms with Gasteiger partial charge in [-0.25, -0.2) is 0 Å². The minimum atomic E-state index is 0.310. The zero-order valence-corrected chi connectivity index (χ0v) is 11.0. The fourth-order valence-electron chi connectivity index (χ4n) is 2.85. The molecule has 0 radical (unpaired) electrons. The first-order valence-electron chi connectivity index (χ1n) is 6.65. The number of rotatable bonds is 2. The number of hydrogen-bond acceptors (Lipinski definition) is 1. The lowest BCUT2D eigenvalue weighted by molar-refractivity contribution is 0.286. The zero-order valence-electron chi connectivity index (χ0n) is 11.0. The lowest BCUT2D eigenvalue weighted by Gasteiger charge is -2.31. The van der Waals surface area contributed by atoms with Crippen molar-refractivity contribution in [1.29, 1.82) is 0 Å². The summed E-state index contributed by atoms with van der Waals surface area (Å²) in [5.74, 6) is 0. The highest BCUT2D eigenvalue weighted by Crippen LogP contribution is 2.38. The Morgan fingerprint density at radius 1 is 1.18 bits per heavy atom. The predicted octanol–water partition coefficient (Wildman–Crippen LogP) is 4.27. The summed E-state index contributed by atoms with van der Waals surface area (Å²) in [5.41, 5.74) is 9.99. The van der Waals surface area contributed by atoms with E-state index in [1.807, 2.05) is 0 Å². The van der Waals surface area contributed by atoms with Crippen LogP contribution in [0, 0.1) is 12.3 Å². The van der Waals surface area contributed by atoms with E-state index in [1.165, 1.54) is 43.2 Å². The van der Waals surface area contributed by atoms with E-state index in [4.69, 9.17) is 5.73 Å². The summed E-state index contributed by atoms with van der Waals surface area (Å²) in [4.78, 5) is 0. The van der Waals surface area contributed by atoms with Crippen LogP contribution in [0.3, 0.4) is 0 Å². The van der Waals surface area contributed by atoms with Gasteiger partial charge in [-0.3, -0.25) is 0 Å². The van der Waals surface area contributed by atoms with Crippen molar-refractivity contribution in [2.75, 3.05) is 0 Å². The average molecular weight is 229 g/mol. The van der Waals surface area contributed by atoms with Crippen LogP contribution in [-0.4, -0.2) is 0 Å². The van der Waals surface area contributed by atoms with E-state index >= 15 is 0 Å². The van der Waals surface area contributed by atoms with Gasteiger partial charge in [0, 0.05) is 5.70 Å². The molecule has 92 valence electrons. The summed E-state index contributed by atoms with van der Waals surface area (Å²) in [6.45, 7) is 4.47. The van der Waals surface area contributed by atoms with E-state index in [1.54, 1.807) is 0 Å². The van der Waals surface area contributed by atoms with Crippen LogP contribution in [0.4, 0.5) is 0 Å². The second-order valence-electron chi connectivity index (χ2n) is 5.63. The molecule has 0 atom stereocenters. The van der Waals surface area contributed by atoms with Gasteiger partial charge in [0.1, 0.15) is 0 Å². The molecule has 1 aromatic carbocycles. The highest BCUT2D eigenvalue weighted by atomic mass is 14.6. The molecule has 17 heavy (non-hydrogen) atoms. The van der Waals surface area contributed by atoms with E-state index in [2.05, 4.69) is 44.2 Å². The maximum atomic E-state index is 6.27. The summed E-state index contributed by atoms with van der Waals surface area (Å²) in [6.07, 6.45) is 8.92. The number of hydrogen-bond donors (Lipinski definition) is 1. The predicted molar refractivity (Wildman–Crippen MR) is 74.5 cm³/mol. The highest BCUT2D eigenvalue weighted by molar-refractivity contribution is 5.66. The van der Waals surface area contributed by atoms with Crippen LogP contribution in [0.2, 0.25) is 0 Å². The fraction of sp³-hybridized carbons (Fsp3) is 0.500. The number of allylic oxidation sites excluding steroid dienone is 1. The number of aryl methyl sites for hydroxylation is 1. The van der Waals surface area contributed by atoms with Gasteiger partial charge in [-0.15, -0.1) is 0 Å². The molecule has 1 fully saturated rings. The molecule has 0 saturated heterocycles. The Bertz CT molecular complexity index is 411. The van der Waals surface area contributed by atoms with Gasteiger partial charge in [-0.05, 0) is 36.3 Å². The summed E-state index contributed by atoms with van der Waals surface area (Å²) < 4.78 is 0. The number of nitrogens with two attached hydrogens (primary N) is 1. The topological polar surface area (TPSA) is 26.0 Å². The van der Waals surface area contributed by atoms with Gasteiger partial charge < -0.3 is 5.73 Å². The van der Waals surface area contributed by atoms with Crippen LogP contribution >= 0.6 is 0 Å². The smallest absolute Gasteiger partial charge is 0.0355 e. The molecule has 0 heterocycles. The van der Waals surface area contributed by atoms with Gasteiger partial charge in [0.05, 0.1) is 0 Å². The van der Waals surface area contributed by atoms with Crippen LogP contribution in [0.5, 0.6) is 0 Å². The third kappa shape index (κ3) is 2.91. The Labute approximate surface area is 105 Å². The van der Waals surface area contributed by atoms with E-state index in [0.717, 1.165) is 5.70 Å². The van der Waals surface area contributed by atoms with Crippen molar-refractivity contribution in [2.24, 2.45) is 11.1 Å². The maximum absolute atomic E-state index is 6.27. The first-order chi connectivity index (χ1) is 8.11. The SMILES string of the molecule is Cc1ccccc1/C(N)=C/C1(C)CCCCC1. The van der Waals surface area contributed by atoms with Gasteiger partial charge >= 0.3 is 0 Å². The normalized spacial score (nSPS) is 20.2. The molecule has 2 N–H and O–H groups in total. The molecule has 2 rings (SSSR count). The Hall–Kier alpha value is -1.24. The van der Waals surface area contributed by atoms with Gasteiger partial charge in [0.15, 0.2) is 0 Å². The van der Waals surface area contributed by atoms with Gasteiger partial charge in [0.25, 0.3) is 0 Å². The summed E-state index contributed by atoms with van der Waals surface area (Å²) >= 11 is 0. The third-order valence-electron chi connectivity index (χ3n) is 3.96. The summed E-state index contributed by atoms with van der Waals surface area (Å²) in [7, 11) is 0. The van der Waals surface area contributed by atoms with Gasteiger partial charge in [-0.2, -0.15) is 0 Å². The van der Waals surface area contributed by atoms with Crippen molar-refractivity contribution in [3.05, 3.63) is 41.5 Å². The van der Waals surface area contributed by atoms with E-state index < -0.39 is 0 Å². The Morgan fingerprint density at radius 3 is 2.47 bits per heavy atom. The first kappa shape index (κ1) is 12.2. The minimum Gasteiger partial charge on any atom is -0.398 e. The number of benzene rings is 1. The molecule has 1 heteroatoms. The Balaban J connectivity index is 2.24. The molecule has 0 amide bonds. The van der Waals surface area contributed by atoms with Crippen molar-refractivity contribution in [1.82, 2.24) is 0 Å². The molecule has 1 aliphatic carbocycles. The molecular formula is C16H23N. The summed E-state index contributed by atoms with van der Waals surface area (Å²) in [5, 5.41) is 0. The standard InChI is InChI=1S/C16H23N/c1-13-8-4-5-9-14(13)15(17)12-16(2)10-6-3-7-11-16/h4-5,8-9,12H,3,6-7,10-11,17H2,1-2H3/b15-12-. The maximum Gasteiger partial charge on any atom is 0.0355 e. The molecule has 1 saturated carbocycles. The van der Waals surface area contributed by atoms with Crippen LogP contribution in [0.1, 0.15) is 50.2 Å². The molecule has 0 unspecified atom stereocenters.